The summed E-state index contributed by atoms with van der Waals surface area (Å²) < 4.78 is 32.6. The van der Waals surface area contributed by atoms with Crippen LogP contribution in [0.15, 0.2) is 30.3 Å². The summed E-state index contributed by atoms with van der Waals surface area (Å²) in [5, 5.41) is 0. The maximum absolute atomic E-state index is 11.8. The summed E-state index contributed by atoms with van der Waals surface area (Å²) in [5.74, 6) is -2.66. The van der Waals surface area contributed by atoms with Crippen LogP contribution in [0.2, 0.25) is 0 Å². The minimum Gasteiger partial charge on any atom is -0.463 e. The van der Waals surface area contributed by atoms with Crippen molar-refractivity contribution < 1.29 is 47.6 Å². The van der Waals surface area contributed by atoms with Crippen LogP contribution in [0.1, 0.15) is 33.3 Å². The molecule has 1 aliphatic heterocycles. The Morgan fingerprint density at radius 3 is 1.87 bits per heavy atom. The fourth-order valence-electron chi connectivity index (χ4n) is 3.08. The lowest BCUT2D eigenvalue weighted by atomic mass is 9.98. The van der Waals surface area contributed by atoms with Gasteiger partial charge in [-0.1, -0.05) is 30.3 Å². The molecule has 0 radical (unpaired) electrons. The Kier molecular flexibility index (Phi) is 8.95. The van der Waals surface area contributed by atoms with E-state index >= 15 is 0 Å². The van der Waals surface area contributed by atoms with Gasteiger partial charge in [0.1, 0.15) is 12.7 Å². The lowest BCUT2D eigenvalue weighted by Gasteiger charge is -2.44. The summed E-state index contributed by atoms with van der Waals surface area (Å²) in [6.45, 7) is 4.49. The molecule has 31 heavy (non-hydrogen) atoms. The van der Waals surface area contributed by atoms with E-state index in [1.54, 1.807) is 0 Å². The van der Waals surface area contributed by atoms with Gasteiger partial charge in [0.2, 0.25) is 0 Å². The van der Waals surface area contributed by atoms with E-state index in [-0.39, 0.29) is 13.2 Å². The van der Waals surface area contributed by atoms with Crippen molar-refractivity contribution in [3.8, 4) is 0 Å². The summed E-state index contributed by atoms with van der Waals surface area (Å²) in [4.78, 5) is 46.5. The molecule has 5 atom stereocenters. The van der Waals surface area contributed by atoms with E-state index in [0.717, 1.165) is 19.4 Å². The molecule has 1 aromatic rings. The Balaban J connectivity index is 2.35. The van der Waals surface area contributed by atoms with Crippen LogP contribution in [0.25, 0.3) is 0 Å². The number of esters is 4. The second-order valence-electron chi connectivity index (χ2n) is 6.86. The highest BCUT2D eigenvalue weighted by molar-refractivity contribution is 5.68. The number of carbonyl (C=O) groups excluding carboxylic acids is 4. The van der Waals surface area contributed by atoms with E-state index in [1.165, 1.54) is 13.8 Å². The van der Waals surface area contributed by atoms with Gasteiger partial charge < -0.3 is 28.4 Å². The minimum absolute atomic E-state index is 0.0918. The molecule has 1 saturated heterocycles. The first-order chi connectivity index (χ1) is 14.7. The zero-order valence-electron chi connectivity index (χ0n) is 17.8. The molecule has 1 aliphatic rings. The molecule has 0 aromatic heterocycles. The number of hydrogen-bond acceptors (Lipinski definition) is 10. The molecule has 0 bridgehead atoms. The number of carbonyl (C=O) groups is 4. The van der Waals surface area contributed by atoms with Crippen molar-refractivity contribution in [2.45, 2.75) is 65.0 Å². The highest BCUT2D eigenvalue weighted by Crippen LogP contribution is 2.30. The lowest BCUT2D eigenvalue weighted by molar-refractivity contribution is -0.310. The minimum atomic E-state index is -1.25. The van der Waals surface area contributed by atoms with Crippen molar-refractivity contribution in [3.63, 3.8) is 0 Å². The molecule has 0 amide bonds. The molecule has 1 heterocycles. The predicted octanol–water partition coefficient (Wildman–Crippen LogP) is 1.29. The molecule has 1 fully saturated rings. The normalized spacial score (nSPS) is 25.2. The van der Waals surface area contributed by atoms with E-state index in [4.69, 9.17) is 28.4 Å². The zero-order valence-corrected chi connectivity index (χ0v) is 17.8. The van der Waals surface area contributed by atoms with Crippen LogP contribution in [0.4, 0.5) is 0 Å². The monoisotopic (exact) mass is 438 g/mol. The molecular formula is C21H26O10. The Morgan fingerprint density at radius 1 is 0.774 bits per heavy atom. The van der Waals surface area contributed by atoms with E-state index < -0.39 is 54.6 Å². The third kappa shape index (κ3) is 7.65. The molecule has 0 spiro atoms. The number of rotatable bonds is 8. The van der Waals surface area contributed by atoms with Crippen LogP contribution < -0.4 is 0 Å². The van der Waals surface area contributed by atoms with Crippen molar-refractivity contribution in [1.29, 1.82) is 0 Å². The Hall–Kier alpha value is -2.98. The third-order valence-electron chi connectivity index (χ3n) is 4.21. The summed E-state index contributed by atoms with van der Waals surface area (Å²) in [6, 6.07) is 9.14. The number of ether oxygens (including phenoxy) is 6. The van der Waals surface area contributed by atoms with Gasteiger partial charge in [0, 0.05) is 27.7 Å². The van der Waals surface area contributed by atoms with Gasteiger partial charge in [0.15, 0.2) is 24.6 Å². The van der Waals surface area contributed by atoms with Crippen LogP contribution in [0.5, 0.6) is 0 Å². The SMILES string of the molecule is CC(=O)OC[C@H]1O[C@H](OCc2ccccc2)[C@H](OC(C)=O)[C@H](OC(C)=O)[C@@H]1OC(C)=O. The maximum Gasteiger partial charge on any atom is 0.303 e. The van der Waals surface area contributed by atoms with Gasteiger partial charge in [-0.3, -0.25) is 19.2 Å². The molecule has 10 nitrogen and oxygen atoms in total. The first-order valence-electron chi connectivity index (χ1n) is 9.63. The quantitative estimate of drug-likeness (QED) is 0.433. The van der Waals surface area contributed by atoms with Gasteiger partial charge in [-0.2, -0.15) is 0 Å². The van der Waals surface area contributed by atoms with Crippen LogP contribution in [0, 0.1) is 0 Å². The molecule has 2 rings (SSSR count). The molecule has 0 saturated carbocycles. The molecule has 1 aromatic carbocycles. The fourth-order valence-corrected chi connectivity index (χ4v) is 3.08. The second-order valence-corrected chi connectivity index (χ2v) is 6.86. The highest BCUT2D eigenvalue weighted by atomic mass is 16.7. The van der Waals surface area contributed by atoms with Gasteiger partial charge in [0.05, 0.1) is 6.61 Å². The van der Waals surface area contributed by atoms with E-state index in [9.17, 15) is 19.2 Å². The smallest absolute Gasteiger partial charge is 0.303 e. The van der Waals surface area contributed by atoms with Gasteiger partial charge in [-0.15, -0.1) is 0 Å². The largest absolute Gasteiger partial charge is 0.463 e. The van der Waals surface area contributed by atoms with Crippen molar-refractivity contribution in [3.05, 3.63) is 35.9 Å². The second kappa shape index (κ2) is 11.4. The topological polar surface area (TPSA) is 124 Å². The van der Waals surface area contributed by atoms with Crippen molar-refractivity contribution in [1.82, 2.24) is 0 Å². The molecular weight excluding hydrogens is 412 g/mol. The summed E-state index contributed by atoms with van der Waals surface area (Å²) >= 11 is 0. The average molecular weight is 438 g/mol. The standard InChI is InChI=1S/C21H26O10/c1-12(22)26-11-17-18(28-13(2)23)19(29-14(3)24)20(30-15(4)25)21(31-17)27-10-16-8-6-5-7-9-16/h5-9,17-21H,10-11H2,1-4H3/t17-,18-,19-,20-,21+/m1/s1. The van der Waals surface area contributed by atoms with Crippen LogP contribution in [-0.4, -0.2) is 61.2 Å². The van der Waals surface area contributed by atoms with E-state index in [2.05, 4.69) is 0 Å². The lowest BCUT2D eigenvalue weighted by Crippen LogP contribution is -2.62. The van der Waals surface area contributed by atoms with Gasteiger partial charge in [-0.25, -0.2) is 0 Å². The van der Waals surface area contributed by atoms with Gasteiger partial charge in [-0.05, 0) is 5.56 Å². The zero-order chi connectivity index (χ0) is 23.0. The van der Waals surface area contributed by atoms with Crippen molar-refractivity contribution >= 4 is 23.9 Å². The van der Waals surface area contributed by atoms with E-state index in [1.807, 2.05) is 30.3 Å². The first kappa shape index (κ1) is 24.3. The van der Waals surface area contributed by atoms with Crippen molar-refractivity contribution in [2.75, 3.05) is 6.61 Å². The maximum atomic E-state index is 11.8. The Labute approximate surface area is 179 Å². The summed E-state index contributed by atoms with van der Waals surface area (Å²) in [6.07, 6.45) is -5.92. The Bertz CT molecular complexity index is 778. The average Bonchev–Trinajstić information content (AvgIpc) is 2.68. The summed E-state index contributed by atoms with van der Waals surface area (Å²) in [5.41, 5.74) is 0.815. The molecule has 170 valence electrons. The number of benzene rings is 1. The van der Waals surface area contributed by atoms with Crippen LogP contribution in [-0.2, 0) is 54.2 Å². The predicted molar refractivity (Wildman–Crippen MR) is 103 cm³/mol. The van der Waals surface area contributed by atoms with Gasteiger partial charge >= 0.3 is 23.9 Å². The molecule has 0 aliphatic carbocycles. The van der Waals surface area contributed by atoms with E-state index in [0.29, 0.717) is 0 Å². The Morgan fingerprint density at radius 2 is 1.32 bits per heavy atom. The number of hydrogen-bond donors (Lipinski definition) is 0. The fraction of sp³-hybridized carbons (Fsp3) is 0.524. The summed E-state index contributed by atoms with van der Waals surface area (Å²) in [7, 11) is 0. The van der Waals surface area contributed by atoms with Gasteiger partial charge in [0.25, 0.3) is 0 Å². The van der Waals surface area contributed by atoms with Crippen LogP contribution >= 0.6 is 0 Å². The van der Waals surface area contributed by atoms with Crippen molar-refractivity contribution in [2.24, 2.45) is 0 Å². The molecule has 0 N–H and O–H groups in total. The van der Waals surface area contributed by atoms with Crippen LogP contribution in [0.3, 0.4) is 0 Å². The molecule has 10 heteroatoms. The highest BCUT2D eigenvalue weighted by Gasteiger charge is 2.52. The first-order valence-corrected chi connectivity index (χ1v) is 9.63. The molecule has 0 unspecified atom stereocenters. The third-order valence-corrected chi connectivity index (χ3v) is 4.21.